The predicted octanol–water partition coefficient (Wildman–Crippen LogP) is 3.23. The summed E-state index contributed by atoms with van der Waals surface area (Å²) in [7, 11) is 0. The number of rotatable bonds is 4. The molecule has 0 saturated heterocycles. The third-order valence-corrected chi connectivity index (χ3v) is 3.55. The Bertz CT molecular complexity index is 540. The maximum atomic E-state index is 13.6. The van der Waals surface area contributed by atoms with Crippen LogP contribution in [0.2, 0.25) is 0 Å². The molecular formula is C13H14F2N2S. The van der Waals surface area contributed by atoms with Crippen LogP contribution in [-0.4, -0.2) is 11.5 Å². The molecule has 5 heteroatoms. The minimum atomic E-state index is -0.462. The average molecular weight is 268 g/mol. The summed E-state index contributed by atoms with van der Waals surface area (Å²) in [5.41, 5.74) is 6.24. The van der Waals surface area contributed by atoms with Crippen LogP contribution in [0.5, 0.6) is 0 Å². The zero-order chi connectivity index (χ0) is 13.1. The fourth-order valence-corrected chi connectivity index (χ4v) is 2.56. The summed E-state index contributed by atoms with van der Waals surface area (Å²) in [5, 5.41) is 2.64. The molecule has 2 aromatic rings. The molecule has 2 N–H and O–H groups in total. The van der Waals surface area contributed by atoms with Crippen LogP contribution in [0.4, 0.5) is 8.78 Å². The summed E-state index contributed by atoms with van der Waals surface area (Å²) < 4.78 is 26.7. The first-order chi connectivity index (χ1) is 8.60. The Morgan fingerprint density at radius 3 is 2.89 bits per heavy atom. The van der Waals surface area contributed by atoms with Crippen LogP contribution < -0.4 is 5.73 Å². The van der Waals surface area contributed by atoms with E-state index in [2.05, 4.69) is 4.98 Å². The number of nitrogens with zero attached hydrogens (tertiary/aromatic N) is 1. The van der Waals surface area contributed by atoms with Crippen molar-refractivity contribution in [1.82, 2.24) is 4.98 Å². The van der Waals surface area contributed by atoms with Crippen molar-refractivity contribution in [3.63, 3.8) is 0 Å². The normalized spacial score (nSPS) is 12.7. The topological polar surface area (TPSA) is 38.9 Å². The predicted molar refractivity (Wildman–Crippen MR) is 69.4 cm³/mol. The van der Waals surface area contributed by atoms with Crippen LogP contribution >= 0.6 is 11.3 Å². The number of hydrogen-bond acceptors (Lipinski definition) is 3. The highest BCUT2D eigenvalue weighted by Crippen LogP contribution is 2.26. The first-order valence-electron chi connectivity index (χ1n) is 5.70. The Morgan fingerprint density at radius 2 is 2.17 bits per heavy atom. The van der Waals surface area contributed by atoms with E-state index in [1.165, 1.54) is 17.4 Å². The van der Waals surface area contributed by atoms with Gasteiger partial charge in [0.2, 0.25) is 0 Å². The van der Waals surface area contributed by atoms with Crippen LogP contribution in [-0.2, 0) is 6.42 Å². The molecule has 0 bridgehead atoms. The van der Waals surface area contributed by atoms with Crippen molar-refractivity contribution in [2.24, 2.45) is 11.7 Å². The van der Waals surface area contributed by atoms with Gasteiger partial charge in [-0.15, -0.1) is 11.3 Å². The number of halogens is 2. The van der Waals surface area contributed by atoms with Gasteiger partial charge in [-0.2, -0.15) is 0 Å². The summed E-state index contributed by atoms with van der Waals surface area (Å²) in [6, 6.07) is 3.38. The largest absolute Gasteiger partial charge is 0.330 e. The molecule has 0 aliphatic rings. The van der Waals surface area contributed by atoms with Crippen molar-refractivity contribution in [1.29, 1.82) is 0 Å². The second-order valence-electron chi connectivity index (χ2n) is 4.30. The van der Waals surface area contributed by atoms with Gasteiger partial charge >= 0.3 is 0 Å². The van der Waals surface area contributed by atoms with Crippen molar-refractivity contribution in [2.75, 3.05) is 6.54 Å². The molecule has 96 valence electrons. The minimum Gasteiger partial charge on any atom is -0.330 e. The van der Waals surface area contributed by atoms with Crippen LogP contribution in [0.3, 0.4) is 0 Å². The molecule has 18 heavy (non-hydrogen) atoms. The van der Waals surface area contributed by atoms with Crippen molar-refractivity contribution in [3.8, 4) is 11.3 Å². The summed E-state index contributed by atoms with van der Waals surface area (Å²) in [6.07, 6.45) is 0.762. The highest BCUT2D eigenvalue weighted by atomic mass is 32.1. The van der Waals surface area contributed by atoms with Gasteiger partial charge in [0.1, 0.15) is 11.6 Å². The molecule has 0 amide bonds. The lowest BCUT2D eigenvalue weighted by Crippen LogP contribution is -2.12. The molecule has 1 atom stereocenters. The molecule has 1 heterocycles. The van der Waals surface area contributed by atoms with E-state index >= 15 is 0 Å². The SMILES string of the molecule is CC(CN)Cc1nc(-c2cc(F)ccc2F)cs1. The molecule has 0 spiro atoms. The van der Waals surface area contributed by atoms with E-state index in [0.717, 1.165) is 23.6 Å². The van der Waals surface area contributed by atoms with Crippen molar-refractivity contribution < 1.29 is 8.78 Å². The van der Waals surface area contributed by atoms with Crippen LogP contribution in [0.1, 0.15) is 11.9 Å². The zero-order valence-corrected chi connectivity index (χ0v) is 10.8. The Balaban J connectivity index is 2.26. The second kappa shape index (κ2) is 5.54. The van der Waals surface area contributed by atoms with E-state index in [4.69, 9.17) is 5.73 Å². The summed E-state index contributed by atoms with van der Waals surface area (Å²) in [4.78, 5) is 4.33. The molecule has 1 aromatic heterocycles. The maximum absolute atomic E-state index is 13.6. The van der Waals surface area contributed by atoms with E-state index in [1.54, 1.807) is 5.38 Å². The molecule has 2 rings (SSSR count). The molecule has 1 aromatic carbocycles. The standard InChI is InChI=1S/C13H14F2N2S/c1-8(6-16)4-13-17-12(7-18-13)10-5-9(14)2-3-11(10)15/h2-3,5,7-8H,4,6,16H2,1H3. The van der Waals surface area contributed by atoms with Crippen molar-refractivity contribution in [2.45, 2.75) is 13.3 Å². The summed E-state index contributed by atoms with van der Waals surface area (Å²) in [6.45, 7) is 2.62. The smallest absolute Gasteiger partial charge is 0.132 e. The third-order valence-electron chi connectivity index (χ3n) is 2.68. The summed E-state index contributed by atoms with van der Waals surface area (Å²) >= 11 is 1.45. The number of aromatic nitrogens is 1. The summed E-state index contributed by atoms with van der Waals surface area (Å²) in [5.74, 6) is -0.585. The van der Waals surface area contributed by atoms with Crippen LogP contribution in [0, 0.1) is 17.6 Å². The number of hydrogen-bond donors (Lipinski definition) is 1. The van der Waals surface area contributed by atoms with Gasteiger partial charge in [-0.1, -0.05) is 6.92 Å². The quantitative estimate of drug-likeness (QED) is 0.924. The third kappa shape index (κ3) is 2.91. The Morgan fingerprint density at radius 1 is 1.39 bits per heavy atom. The fraction of sp³-hybridized carbons (Fsp3) is 0.308. The molecule has 2 nitrogen and oxygen atoms in total. The number of nitrogens with two attached hydrogens (primary N) is 1. The van der Waals surface area contributed by atoms with Crippen LogP contribution in [0.15, 0.2) is 23.6 Å². The van der Waals surface area contributed by atoms with Gasteiger partial charge < -0.3 is 5.73 Å². The number of thiazole rings is 1. The van der Waals surface area contributed by atoms with Gasteiger partial charge in [0.15, 0.2) is 0 Å². The lowest BCUT2D eigenvalue weighted by atomic mass is 10.1. The van der Waals surface area contributed by atoms with Gasteiger partial charge in [0, 0.05) is 17.4 Å². The molecule has 0 aliphatic carbocycles. The fourth-order valence-electron chi connectivity index (χ4n) is 1.60. The highest BCUT2D eigenvalue weighted by molar-refractivity contribution is 7.09. The van der Waals surface area contributed by atoms with Gasteiger partial charge in [-0.25, -0.2) is 13.8 Å². The van der Waals surface area contributed by atoms with Crippen molar-refractivity contribution >= 4 is 11.3 Å². The average Bonchev–Trinajstić information content (AvgIpc) is 2.80. The molecule has 1 unspecified atom stereocenters. The lowest BCUT2D eigenvalue weighted by molar-refractivity contribution is 0.590. The molecule has 0 saturated carbocycles. The van der Waals surface area contributed by atoms with E-state index in [1.807, 2.05) is 6.92 Å². The zero-order valence-electron chi connectivity index (χ0n) is 9.99. The Kier molecular flexibility index (Phi) is 4.04. The monoisotopic (exact) mass is 268 g/mol. The second-order valence-corrected chi connectivity index (χ2v) is 5.24. The highest BCUT2D eigenvalue weighted by Gasteiger charge is 2.12. The number of benzene rings is 1. The van der Waals surface area contributed by atoms with E-state index in [0.29, 0.717) is 18.2 Å². The lowest BCUT2D eigenvalue weighted by Gasteiger charge is -2.04. The first kappa shape index (κ1) is 13.1. The van der Waals surface area contributed by atoms with Crippen LogP contribution in [0.25, 0.3) is 11.3 Å². The Labute approximate surface area is 108 Å². The minimum absolute atomic E-state index is 0.206. The maximum Gasteiger partial charge on any atom is 0.132 e. The van der Waals surface area contributed by atoms with E-state index < -0.39 is 11.6 Å². The van der Waals surface area contributed by atoms with Gasteiger partial charge in [0.05, 0.1) is 10.7 Å². The molecular weight excluding hydrogens is 254 g/mol. The van der Waals surface area contributed by atoms with Gasteiger partial charge in [-0.3, -0.25) is 0 Å². The molecule has 0 radical (unpaired) electrons. The molecule has 0 aliphatic heterocycles. The van der Waals surface area contributed by atoms with Crippen molar-refractivity contribution in [3.05, 3.63) is 40.2 Å². The first-order valence-corrected chi connectivity index (χ1v) is 6.58. The van der Waals surface area contributed by atoms with Gasteiger partial charge in [0.25, 0.3) is 0 Å². The van der Waals surface area contributed by atoms with E-state index in [-0.39, 0.29) is 5.56 Å². The Hall–Kier alpha value is -1.33. The molecule has 0 fully saturated rings. The van der Waals surface area contributed by atoms with E-state index in [9.17, 15) is 8.78 Å². The van der Waals surface area contributed by atoms with Gasteiger partial charge in [-0.05, 0) is 30.7 Å².